The maximum absolute atomic E-state index is 14.2. The molecule has 1 heterocycles. The molecule has 1 aromatic rings. The molecule has 1 aliphatic rings. The number of rotatable bonds is 5. The molecule has 4 heteroatoms. The van der Waals surface area contributed by atoms with Crippen molar-refractivity contribution >= 4 is 5.97 Å². The van der Waals surface area contributed by atoms with Gasteiger partial charge in [0.2, 0.25) is 0 Å². The van der Waals surface area contributed by atoms with E-state index >= 15 is 0 Å². The highest BCUT2D eigenvalue weighted by molar-refractivity contribution is 5.70. The van der Waals surface area contributed by atoms with Gasteiger partial charge in [0, 0.05) is 11.6 Å². The average Bonchev–Trinajstić information content (AvgIpc) is 2.49. The molecule has 1 fully saturated rings. The normalized spacial score (nSPS) is 17.5. The van der Waals surface area contributed by atoms with Crippen LogP contribution in [0.4, 0.5) is 4.39 Å². The Labute approximate surface area is 126 Å². The summed E-state index contributed by atoms with van der Waals surface area (Å²) in [6.07, 6.45) is 3.63. The number of piperidine rings is 1. The zero-order valence-electron chi connectivity index (χ0n) is 12.9. The molecule has 0 saturated carbocycles. The quantitative estimate of drug-likeness (QED) is 0.777. The summed E-state index contributed by atoms with van der Waals surface area (Å²) >= 11 is 0. The summed E-state index contributed by atoms with van der Waals surface area (Å²) in [6.45, 7) is 5.93. The summed E-state index contributed by atoms with van der Waals surface area (Å²) < 4.78 is 19.3. The highest BCUT2D eigenvalue weighted by Crippen LogP contribution is 2.30. The van der Waals surface area contributed by atoms with Gasteiger partial charge in [0.05, 0.1) is 13.0 Å². The minimum absolute atomic E-state index is 0.216. The number of hydrogen-bond acceptors (Lipinski definition) is 3. The van der Waals surface area contributed by atoms with Crippen molar-refractivity contribution in [2.24, 2.45) is 0 Å². The third-order valence-corrected chi connectivity index (χ3v) is 4.01. The third kappa shape index (κ3) is 4.27. The fraction of sp³-hybridized carbons (Fsp3) is 0.588. The fourth-order valence-electron chi connectivity index (χ4n) is 2.96. The van der Waals surface area contributed by atoms with Gasteiger partial charge in [-0.2, -0.15) is 0 Å². The first-order valence-electron chi connectivity index (χ1n) is 7.77. The second-order valence-corrected chi connectivity index (χ2v) is 5.65. The summed E-state index contributed by atoms with van der Waals surface area (Å²) in [5.41, 5.74) is 1.63. The molecular weight excluding hydrogens is 269 g/mol. The van der Waals surface area contributed by atoms with Crippen molar-refractivity contribution in [1.82, 2.24) is 4.90 Å². The van der Waals surface area contributed by atoms with Gasteiger partial charge in [-0.3, -0.25) is 9.69 Å². The van der Waals surface area contributed by atoms with Crippen LogP contribution < -0.4 is 0 Å². The van der Waals surface area contributed by atoms with Crippen molar-refractivity contribution in [3.05, 3.63) is 35.1 Å². The number of ether oxygens (including phenoxy) is 1. The molecular formula is C17H24FNO2. The molecule has 0 amide bonds. The number of hydrogen-bond donors (Lipinski definition) is 0. The molecule has 21 heavy (non-hydrogen) atoms. The van der Waals surface area contributed by atoms with E-state index in [1.165, 1.54) is 12.5 Å². The fourth-order valence-corrected chi connectivity index (χ4v) is 2.96. The average molecular weight is 293 g/mol. The van der Waals surface area contributed by atoms with E-state index in [9.17, 15) is 9.18 Å². The maximum Gasteiger partial charge on any atom is 0.307 e. The first-order valence-corrected chi connectivity index (χ1v) is 7.77. The first-order chi connectivity index (χ1) is 10.1. The smallest absolute Gasteiger partial charge is 0.307 e. The zero-order chi connectivity index (χ0) is 15.2. The predicted octanol–water partition coefficient (Wildman–Crippen LogP) is 3.61. The van der Waals surface area contributed by atoms with E-state index in [4.69, 9.17) is 4.74 Å². The van der Waals surface area contributed by atoms with Gasteiger partial charge in [-0.1, -0.05) is 24.1 Å². The Balaban J connectivity index is 2.25. The number of carbonyl (C=O) groups is 1. The number of benzene rings is 1. The second kappa shape index (κ2) is 7.55. The monoisotopic (exact) mass is 293 g/mol. The van der Waals surface area contributed by atoms with Crippen molar-refractivity contribution in [3.63, 3.8) is 0 Å². The van der Waals surface area contributed by atoms with Crippen LogP contribution in [0.5, 0.6) is 0 Å². The van der Waals surface area contributed by atoms with Crippen LogP contribution >= 0.6 is 0 Å². The molecule has 0 radical (unpaired) electrons. The SMILES string of the molecule is CCOC(=O)CC(c1cc(C)ccc1F)N1CCCCC1. The summed E-state index contributed by atoms with van der Waals surface area (Å²) in [4.78, 5) is 14.1. The van der Waals surface area contributed by atoms with E-state index in [0.29, 0.717) is 12.2 Å². The number of esters is 1. The molecule has 3 nitrogen and oxygen atoms in total. The highest BCUT2D eigenvalue weighted by Gasteiger charge is 2.27. The van der Waals surface area contributed by atoms with Crippen LogP contribution in [0.1, 0.15) is 49.8 Å². The van der Waals surface area contributed by atoms with Crippen LogP contribution in [-0.4, -0.2) is 30.6 Å². The van der Waals surface area contributed by atoms with Gasteiger partial charge in [0.1, 0.15) is 5.82 Å². The van der Waals surface area contributed by atoms with Crippen molar-refractivity contribution in [2.75, 3.05) is 19.7 Å². The van der Waals surface area contributed by atoms with E-state index in [0.717, 1.165) is 31.5 Å². The van der Waals surface area contributed by atoms with E-state index in [1.807, 2.05) is 13.0 Å². The maximum atomic E-state index is 14.2. The Morgan fingerprint density at radius 1 is 1.33 bits per heavy atom. The molecule has 0 bridgehead atoms. The molecule has 1 atom stereocenters. The van der Waals surface area contributed by atoms with E-state index < -0.39 is 0 Å². The van der Waals surface area contributed by atoms with Crippen LogP contribution in [0.2, 0.25) is 0 Å². The van der Waals surface area contributed by atoms with Crippen molar-refractivity contribution in [3.8, 4) is 0 Å². The largest absolute Gasteiger partial charge is 0.466 e. The van der Waals surface area contributed by atoms with Gasteiger partial charge in [0.25, 0.3) is 0 Å². The van der Waals surface area contributed by atoms with E-state index in [1.54, 1.807) is 13.0 Å². The number of carbonyl (C=O) groups excluding carboxylic acids is 1. The summed E-state index contributed by atoms with van der Waals surface area (Å²) in [7, 11) is 0. The topological polar surface area (TPSA) is 29.5 Å². The summed E-state index contributed by atoms with van der Waals surface area (Å²) in [6, 6.07) is 4.89. The number of nitrogens with zero attached hydrogens (tertiary/aromatic N) is 1. The highest BCUT2D eigenvalue weighted by atomic mass is 19.1. The molecule has 116 valence electrons. The summed E-state index contributed by atoms with van der Waals surface area (Å²) in [5.74, 6) is -0.491. The van der Waals surface area contributed by atoms with Crippen molar-refractivity contribution < 1.29 is 13.9 Å². The van der Waals surface area contributed by atoms with Crippen molar-refractivity contribution in [2.45, 2.75) is 45.6 Å². The van der Waals surface area contributed by atoms with Gasteiger partial charge in [-0.05, 0) is 45.8 Å². The molecule has 0 spiro atoms. The molecule has 1 unspecified atom stereocenters. The van der Waals surface area contributed by atoms with Gasteiger partial charge in [0.15, 0.2) is 0 Å². The molecule has 0 aromatic heterocycles. The zero-order valence-corrected chi connectivity index (χ0v) is 12.9. The standard InChI is InChI=1S/C17H24FNO2/c1-3-21-17(20)12-16(19-9-5-4-6-10-19)14-11-13(2)7-8-15(14)18/h7-8,11,16H,3-6,9-10,12H2,1-2H3. The number of likely N-dealkylation sites (tertiary alicyclic amines) is 1. The Hall–Kier alpha value is -1.42. The Kier molecular flexibility index (Phi) is 5.74. The number of aryl methyl sites for hydroxylation is 1. The lowest BCUT2D eigenvalue weighted by Crippen LogP contribution is -2.35. The minimum Gasteiger partial charge on any atom is -0.466 e. The third-order valence-electron chi connectivity index (χ3n) is 4.01. The number of halogens is 1. The molecule has 1 aromatic carbocycles. The molecule has 2 rings (SSSR count). The van der Waals surface area contributed by atoms with Crippen LogP contribution in [0.3, 0.4) is 0 Å². The van der Waals surface area contributed by atoms with Crippen LogP contribution in [0, 0.1) is 12.7 Å². The van der Waals surface area contributed by atoms with E-state index in [2.05, 4.69) is 4.90 Å². The Bertz CT molecular complexity index is 484. The molecule has 1 aliphatic heterocycles. The molecule has 0 aliphatic carbocycles. The van der Waals surface area contributed by atoms with Gasteiger partial charge in [-0.25, -0.2) is 4.39 Å². The molecule has 0 N–H and O–H groups in total. The molecule has 1 saturated heterocycles. The Morgan fingerprint density at radius 3 is 2.71 bits per heavy atom. The lowest BCUT2D eigenvalue weighted by atomic mass is 9.97. The Morgan fingerprint density at radius 2 is 2.05 bits per heavy atom. The first kappa shape index (κ1) is 16.0. The van der Waals surface area contributed by atoms with E-state index in [-0.39, 0.29) is 24.2 Å². The van der Waals surface area contributed by atoms with Gasteiger partial charge >= 0.3 is 5.97 Å². The minimum atomic E-state index is -0.256. The predicted molar refractivity (Wildman–Crippen MR) is 80.6 cm³/mol. The van der Waals surface area contributed by atoms with Gasteiger partial charge in [-0.15, -0.1) is 0 Å². The lowest BCUT2D eigenvalue weighted by molar-refractivity contribution is -0.144. The van der Waals surface area contributed by atoms with Crippen molar-refractivity contribution in [1.29, 1.82) is 0 Å². The van der Waals surface area contributed by atoms with Crippen LogP contribution in [0.15, 0.2) is 18.2 Å². The van der Waals surface area contributed by atoms with Gasteiger partial charge < -0.3 is 4.74 Å². The second-order valence-electron chi connectivity index (χ2n) is 5.65. The van der Waals surface area contributed by atoms with Crippen LogP contribution in [0.25, 0.3) is 0 Å². The van der Waals surface area contributed by atoms with Crippen LogP contribution in [-0.2, 0) is 9.53 Å². The lowest BCUT2D eigenvalue weighted by Gasteiger charge is -2.34. The summed E-state index contributed by atoms with van der Waals surface area (Å²) in [5, 5.41) is 0.